The minimum absolute atomic E-state index is 0.0285. The first-order valence-corrected chi connectivity index (χ1v) is 10.4. The first kappa shape index (κ1) is 27.0. The van der Waals surface area contributed by atoms with E-state index in [0.29, 0.717) is 5.69 Å². The number of aliphatic carboxylic acids is 1. The number of imidazole rings is 1. The molecule has 3 amide bonds. The second kappa shape index (κ2) is 12.2. The molecule has 0 aliphatic heterocycles. The molecule has 0 saturated carbocycles. The van der Waals surface area contributed by atoms with Gasteiger partial charge in [0.2, 0.25) is 17.7 Å². The van der Waals surface area contributed by atoms with Crippen molar-refractivity contribution in [1.82, 2.24) is 25.9 Å². The van der Waals surface area contributed by atoms with Gasteiger partial charge in [0, 0.05) is 18.3 Å². The molecule has 1 aromatic heterocycles. The molecule has 12 heteroatoms. The first-order valence-electron chi connectivity index (χ1n) is 10.4. The number of aliphatic hydroxyl groups excluding tert-OH is 1. The Morgan fingerprint density at radius 2 is 1.53 bits per heavy atom. The van der Waals surface area contributed by atoms with Crippen LogP contribution < -0.4 is 21.7 Å². The number of carboxylic acids is 1. The maximum absolute atomic E-state index is 12.8. The molecule has 8 N–H and O–H groups in total. The van der Waals surface area contributed by atoms with E-state index in [4.69, 9.17) is 5.73 Å². The molecule has 180 valence electrons. The molecule has 1 heterocycles. The second-order valence-electron chi connectivity index (χ2n) is 8.41. The zero-order valence-electron chi connectivity index (χ0n) is 19.0. The molecule has 1 aromatic rings. The number of rotatable bonds is 12. The Bertz CT molecular complexity index is 780. The van der Waals surface area contributed by atoms with E-state index in [1.54, 1.807) is 27.7 Å². The van der Waals surface area contributed by atoms with Gasteiger partial charge in [-0.05, 0) is 18.8 Å². The summed E-state index contributed by atoms with van der Waals surface area (Å²) in [5, 5.41) is 26.8. The summed E-state index contributed by atoms with van der Waals surface area (Å²) in [6.07, 6.45) is 1.55. The Balaban J connectivity index is 2.91. The number of nitrogens with one attached hydrogen (secondary N) is 4. The van der Waals surface area contributed by atoms with Crippen LogP contribution in [0.3, 0.4) is 0 Å². The third kappa shape index (κ3) is 7.93. The summed E-state index contributed by atoms with van der Waals surface area (Å²) < 4.78 is 0. The van der Waals surface area contributed by atoms with Crippen molar-refractivity contribution in [3.05, 3.63) is 18.2 Å². The highest BCUT2D eigenvalue weighted by atomic mass is 16.4. The fourth-order valence-corrected chi connectivity index (χ4v) is 2.81. The average Bonchev–Trinajstić information content (AvgIpc) is 3.20. The maximum atomic E-state index is 12.8. The number of carbonyl (C=O) groups excluding carboxylic acids is 3. The lowest BCUT2D eigenvalue weighted by Crippen LogP contribution is -2.61. The number of aliphatic hydroxyl groups is 1. The van der Waals surface area contributed by atoms with Crippen LogP contribution in [-0.2, 0) is 25.6 Å². The predicted octanol–water partition coefficient (Wildman–Crippen LogP) is -1.49. The molecule has 0 aromatic carbocycles. The van der Waals surface area contributed by atoms with Crippen LogP contribution in [0.5, 0.6) is 0 Å². The largest absolute Gasteiger partial charge is 0.480 e. The predicted molar refractivity (Wildman–Crippen MR) is 115 cm³/mol. The third-order valence-electron chi connectivity index (χ3n) is 4.92. The Labute approximate surface area is 186 Å². The Hall–Kier alpha value is -2.99. The van der Waals surface area contributed by atoms with Gasteiger partial charge in [0.25, 0.3) is 0 Å². The van der Waals surface area contributed by atoms with Crippen LogP contribution in [-0.4, -0.2) is 74.1 Å². The van der Waals surface area contributed by atoms with E-state index in [0.717, 1.165) is 0 Å². The van der Waals surface area contributed by atoms with Gasteiger partial charge in [0.05, 0.1) is 18.5 Å². The zero-order valence-corrected chi connectivity index (χ0v) is 19.0. The molecule has 5 unspecified atom stereocenters. The van der Waals surface area contributed by atoms with E-state index < -0.39 is 59.9 Å². The quantitative estimate of drug-likeness (QED) is 0.198. The van der Waals surface area contributed by atoms with Gasteiger partial charge in [-0.25, -0.2) is 9.78 Å². The fraction of sp³-hybridized carbons (Fsp3) is 0.650. The number of hydrogen-bond donors (Lipinski definition) is 7. The van der Waals surface area contributed by atoms with Crippen molar-refractivity contribution < 1.29 is 29.4 Å². The van der Waals surface area contributed by atoms with Gasteiger partial charge >= 0.3 is 5.97 Å². The van der Waals surface area contributed by atoms with Crippen molar-refractivity contribution in [2.75, 3.05) is 0 Å². The van der Waals surface area contributed by atoms with Crippen LogP contribution in [0.4, 0.5) is 0 Å². The van der Waals surface area contributed by atoms with Crippen molar-refractivity contribution in [1.29, 1.82) is 0 Å². The topological polar surface area (TPSA) is 200 Å². The van der Waals surface area contributed by atoms with Gasteiger partial charge in [-0.3, -0.25) is 14.4 Å². The lowest BCUT2D eigenvalue weighted by molar-refractivity contribution is -0.142. The molecular formula is C20H34N6O6. The van der Waals surface area contributed by atoms with Crippen LogP contribution >= 0.6 is 0 Å². The standard InChI is InChI=1S/C20H34N6O6/c1-9(2)14(21)17(28)26-16(11(5)27)19(30)25-15(10(3)4)18(29)24-13(20(31)32)6-12-7-22-8-23-12/h7-11,13-16,27H,6,21H2,1-5H3,(H,22,23)(H,24,29)(H,25,30)(H,26,28)(H,31,32). The Morgan fingerprint density at radius 3 is 1.97 bits per heavy atom. The summed E-state index contributed by atoms with van der Waals surface area (Å²) >= 11 is 0. The van der Waals surface area contributed by atoms with Crippen molar-refractivity contribution in [3.63, 3.8) is 0 Å². The number of carboxylic acid groups (broad SMARTS) is 1. The molecule has 1 rings (SSSR count). The highest BCUT2D eigenvalue weighted by Gasteiger charge is 2.34. The highest BCUT2D eigenvalue weighted by molar-refractivity contribution is 5.94. The van der Waals surface area contributed by atoms with E-state index in [-0.39, 0.29) is 12.3 Å². The number of amides is 3. The van der Waals surface area contributed by atoms with Crippen LogP contribution in [0.15, 0.2) is 12.5 Å². The van der Waals surface area contributed by atoms with E-state index in [1.807, 2.05) is 0 Å². The molecule has 0 fully saturated rings. The monoisotopic (exact) mass is 454 g/mol. The van der Waals surface area contributed by atoms with Crippen LogP contribution in [0.1, 0.15) is 40.3 Å². The van der Waals surface area contributed by atoms with Crippen molar-refractivity contribution >= 4 is 23.7 Å². The van der Waals surface area contributed by atoms with Gasteiger partial charge < -0.3 is 36.9 Å². The SMILES string of the molecule is CC(C)C(N)C(=O)NC(C(=O)NC(C(=O)NC(Cc1cnc[nH]1)C(=O)O)C(C)C)C(C)O. The molecule has 0 spiro atoms. The van der Waals surface area contributed by atoms with Crippen molar-refractivity contribution in [3.8, 4) is 0 Å². The van der Waals surface area contributed by atoms with E-state index in [1.165, 1.54) is 19.4 Å². The number of nitrogens with two attached hydrogens (primary N) is 1. The molecule has 0 aliphatic rings. The third-order valence-corrected chi connectivity index (χ3v) is 4.92. The molecule has 5 atom stereocenters. The lowest BCUT2D eigenvalue weighted by atomic mass is 10.0. The number of carbonyl (C=O) groups is 4. The fourth-order valence-electron chi connectivity index (χ4n) is 2.81. The summed E-state index contributed by atoms with van der Waals surface area (Å²) in [5.74, 6) is -3.97. The van der Waals surface area contributed by atoms with Crippen molar-refractivity contribution in [2.24, 2.45) is 17.6 Å². The Morgan fingerprint density at radius 1 is 0.969 bits per heavy atom. The number of hydrogen-bond acceptors (Lipinski definition) is 7. The van der Waals surface area contributed by atoms with Gasteiger partial charge in [-0.2, -0.15) is 0 Å². The Kier molecular flexibility index (Phi) is 10.3. The number of nitrogens with zero attached hydrogens (tertiary/aromatic N) is 1. The number of aromatic amines is 1. The van der Waals surface area contributed by atoms with Gasteiger partial charge in [-0.1, -0.05) is 27.7 Å². The summed E-state index contributed by atoms with van der Waals surface area (Å²) in [4.78, 5) is 56.0. The van der Waals surface area contributed by atoms with Crippen molar-refractivity contribution in [2.45, 2.75) is 71.3 Å². The summed E-state index contributed by atoms with van der Waals surface area (Å²) in [6.45, 7) is 8.13. The van der Waals surface area contributed by atoms with Gasteiger partial charge in [-0.15, -0.1) is 0 Å². The summed E-state index contributed by atoms with van der Waals surface area (Å²) in [6, 6.07) is -4.59. The average molecular weight is 455 g/mol. The van der Waals surface area contributed by atoms with Crippen LogP contribution in [0.2, 0.25) is 0 Å². The van der Waals surface area contributed by atoms with Gasteiger partial charge in [0.1, 0.15) is 18.1 Å². The summed E-state index contributed by atoms with van der Waals surface area (Å²) in [7, 11) is 0. The zero-order chi connectivity index (χ0) is 24.6. The maximum Gasteiger partial charge on any atom is 0.326 e. The molecular weight excluding hydrogens is 420 g/mol. The minimum atomic E-state index is -1.35. The molecule has 0 radical (unpaired) electrons. The summed E-state index contributed by atoms with van der Waals surface area (Å²) in [5.41, 5.74) is 6.31. The van der Waals surface area contributed by atoms with E-state index >= 15 is 0 Å². The second-order valence-corrected chi connectivity index (χ2v) is 8.41. The highest BCUT2D eigenvalue weighted by Crippen LogP contribution is 2.07. The smallest absolute Gasteiger partial charge is 0.326 e. The van der Waals surface area contributed by atoms with Crippen LogP contribution in [0, 0.1) is 11.8 Å². The minimum Gasteiger partial charge on any atom is -0.480 e. The molecule has 0 aliphatic carbocycles. The van der Waals surface area contributed by atoms with E-state index in [2.05, 4.69) is 25.9 Å². The normalized spacial score (nSPS) is 16.0. The number of H-pyrrole nitrogens is 1. The first-order chi connectivity index (χ1) is 14.8. The van der Waals surface area contributed by atoms with Crippen LogP contribution in [0.25, 0.3) is 0 Å². The molecule has 32 heavy (non-hydrogen) atoms. The molecule has 0 saturated heterocycles. The number of aromatic nitrogens is 2. The lowest BCUT2D eigenvalue weighted by Gasteiger charge is -2.28. The molecule has 12 nitrogen and oxygen atoms in total. The molecule has 0 bridgehead atoms. The van der Waals surface area contributed by atoms with Gasteiger partial charge in [0.15, 0.2) is 0 Å². The van der Waals surface area contributed by atoms with E-state index in [9.17, 15) is 29.4 Å².